The zero-order chi connectivity index (χ0) is 17.1. The second-order valence-corrected chi connectivity index (χ2v) is 7.92. The van der Waals surface area contributed by atoms with Crippen molar-refractivity contribution in [2.75, 3.05) is 11.9 Å². The quantitative estimate of drug-likeness (QED) is 0.819. The monoisotopic (exact) mass is 342 g/mol. The van der Waals surface area contributed by atoms with Gasteiger partial charge in [-0.1, -0.05) is 24.6 Å². The van der Waals surface area contributed by atoms with Crippen LogP contribution in [0.1, 0.15) is 40.5 Å². The molecule has 0 aliphatic heterocycles. The zero-order valence-corrected chi connectivity index (χ0v) is 15.6. The van der Waals surface area contributed by atoms with E-state index in [1.165, 1.54) is 30.4 Å². The van der Waals surface area contributed by atoms with Gasteiger partial charge < -0.3 is 10.6 Å². The Labute approximate surface area is 148 Å². The van der Waals surface area contributed by atoms with Gasteiger partial charge in [0.05, 0.1) is 0 Å². The topological polar surface area (TPSA) is 41.1 Å². The van der Waals surface area contributed by atoms with Gasteiger partial charge in [-0.15, -0.1) is 11.3 Å². The second-order valence-electron chi connectivity index (χ2n) is 6.96. The van der Waals surface area contributed by atoms with E-state index >= 15 is 0 Å². The molecule has 2 aromatic rings. The molecule has 3 nitrogen and oxygen atoms in total. The molecule has 2 N–H and O–H groups in total. The summed E-state index contributed by atoms with van der Waals surface area (Å²) >= 11 is 1.89. The van der Waals surface area contributed by atoms with E-state index in [1.54, 1.807) is 10.4 Å². The van der Waals surface area contributed by atoms with Gasteiger partial charge in [0, 0.05) is 17.1 Å². The second kappa shape index (κ2) is 7.39. The Bertz CT molecular complexity index is 735. The molecule has 1 aliphatic rings. The first-order chi connectivity index (χ1) is 11.5. The molecule has 1 heterocycles. The van der Waals surface area contributed by atoms with Crippen LogP contribution in [0.4, 0.5) is 10.5 Å². The highest BCUT2D eigenvalue weighted by molar-refractivity contribution is 7.10. The number of carbonyl (C=O) groups excluding carboxylic acids is 1. The Morgan fingerprint density at radius 2 is 2.17 bits per heavy atom. The lowest BCUT2D eigenvalue weighted by Gasteiger charge is -2.19. The van der Waals surface area contributed by atoms with E-state index in [0.717, 1.165) is 23.6 Å². The maximum Gasteiger partial charge on any atom is 0.319 e. The summed E-state index contributed by atoms with van der Waals surface area (Å²) in [7, 11) is 0. The number of nitrogens with one attached hydrogen (secondary N) is 2. The van der Waals surface area contributed by atoms with Crippen LogP contribution in [0, 0.1) is 19.8 Å². The van der Waals surface area contributed by atoms with Crippen molar-refractivity contribution in [3.05, 3.63) is 50.7 Å². The van der Waals surface area contributed by atoms with Gasteiger partial charge in [-0.05, 0) is 73.6 Å². The predicted octanol–water partition coefficient (Wildman–Crippen LogP) is 4.85. The molecule has 0 saturated heterocycles. The maximum atomic E-state index is 12.1. The number of fused-ring (bicyclic) bond motifs is 1. The highest BCUT2D eigenvalue weighted by atomic mass is 32.1. The molecule has 3 rings (SSSR count). The van der Waals surface area contributed by atoms with Crippen molar-refractivity contribution in [1.82, 2.24) is 5.32 Å². The van der Waals surface area contributed by atoms with Crippen molar-refractivity contribution >= 4 is 23.1 Å². The molecule has 0 saturated carbocycles. The lowest BCUT2D eigenvalue weighted by atomic mass is 9.88. The number of hydrogen-bond acceptors (Lipinski definition) is 2. The molecule has 0 radical (unpaired) electrons. The van der Waals surface area contributed by atoms with Crippen molar-refractivity contribution in [3.8, 4) is 0 Å². The van der Waals surface area contributed by atoms with Crippen LogP contribution < -0.4 is 10.6 Å². The minimum atomic E-state index is -0.125. The number of aryl methyl sites for hydroxylation is 2. The van der Waals surface area contributed by atoms with Crippen LogP contribution in [0.3, 0.4) is 0 Å². The highest BCUT2D eigenvalue weighted by Gasteiger charge is 2.19. The molecule has 128 valence electrons. The van der Waals surface area contributed by atoms with Crippen LogP contribution in [0.2, 0.25) is 0 Å². The van der Waals surface area contributed by atoms with Gasteiger partial charge in [0.2, 0.25) is 0 Å². The molecular formula is C20H26N2OS. The van der Waals surface area contributed by atoms with Crippen LogP contribution in [-0.2, 0) is 19.3 Å². The Morgan fingerprint density at radius 1 is 1.33 bits per heavy atom. The maximum absolute atomic E-state index is 12.1. The third-order valence-corrected chi connectivity index (χ3v) is 5.90. The summed E-state index contributed by atoms with van der Waals surface area (Å²) in [6.07, 6.45) is 4.63. The number of rotatable bonds is 4. The first-order valence-corrected chi connectivity index (χ1v) is 9.61. The average Bonchev–Trinajstić information content (AvgIpc) is 2.92. The summed E-state index contributed by atoms with van der Waals surface area (Å²) in [5.74, 6) is 0.811. The standard InChI is InChI=1S/C20H26N2OS/c1-13-5-7-18(15(3)10-13)22-20(23)21-9-8-16-12-24-19-11-14(2)4-6-17(16)19/h5,7,10,12,14H,4,6,8-9,11H2,1-3H3,(H2,21,22,23). The van der Waals surface area contributed by atoms with E-state index < -0.39 is 0 Å². The molecule has 1 unspecified atom stereocenters. The SMILES string of the molecule is Cc1ccc(NC(=O)NCCc2csc3c2CCC(C)C3)c(C)c1. The van der Waals surface area contributed by atoms with Crippen LogP contribution >= 0.6 is 11.3 Å². The number of amides is 2. The number of thiophene rings is 1. The largest absolute Gasteiger partial charge is 0.338 e. The van der Waals surface area contributed by atoms with Gasteiger partial charge in [0.1, 0.15) is 0 Å². The molecule has 2 amide bonds. The van der Waals surface area contributed by atoms with Crippen LogP contribution in [0.25, 0.3) is 0 Å². The van der Waals surface area contributed by atoms with Gasteiger partial charge in [-0.25, -0.2) is 4.79 Å². The number of hydrogen-bond donors (Lipinski definition) is 2. The van der Waals surface area contributed by atoms with Gasteiger partial charge in [-0.3, -0.25) is 0 Å². The van der Waals surface area contributed by atoms with Crippen molar-refractivity contribution in [2.45, 2.75) is 46.5 Å². The smallest absolute Gasteiger partial charge is 0.319 e. The summed E-state index contributed by atoms with van der Waals surface area (Å²) in [6.45, 7) is 7.08. The Balaban J connectivity index is 1.51. The molecule has 0 fully saturated rings. The Morgan fingerprint density at radius 3 is 2.96 bits per heavy atom. The number of urea groups is 1. The lowest BCUT2D eigenvalue weighted by Crippen LogP contribution is -2.30. The van der Waals surface area contributed by atoms with E-state index in [9.17, 15) is 4.79 Å². The van der Waals surface area contributed by atoms with Gasteiger partial charge in [0.15, 0.2) is 0 Å². The Kier molecular flexibility index (Phi) is 5.24. The molecule has 1 aromatic carbocycles. The van der Waals surface area contributed by atoms with Gasteiger partial charge >= 0.3 is 6.03 Å². The summed E-state index contributed by atoms with van der Waals surface area (Å²) in [4.78, 5) is 13.6. The minimum absolute atomic E-state index is 0.125. The van der Waals surface area contributed by atoms with E-state index in [-0.39, 0.29) is 6.03 Å². The third kappa shape index (κ3) is 3.99. The summed E-state index contributed by atoms with van der Waals surface area (Å²) in [5.41, 5.74) is 6.14. The van der Waals surface area contributed by atoms with Crippen LogP contribution in [0.5, 0.6) is 0 Å². The summed E-state index contributed by atoms with van der Waals surface area (Å²) in [5, 5.41) is 8.20. The van der Waals surface area contributed by atoms with E-state index in [1.807, 2.05) is 30.4 Å². The van der Waals surface area contributed by atoms with Gasteiger partial charge in [-0.2, -0.15) is 0 Å². The number of benzene rings is 1. The first-order valence-electron chi connectivity index (χ1n) is 8.73. The molecule has 1 aliphatic carbocycles. The zero-order valence-electron chi connectivity index (χ0n) is 14.7. The highest BCUT2D eigenvalue weighted by Crippen LogP contribution is 2.32. The molecule has 0 bridgehead atoms. The van der Waals surface area contributed by atoms with Crippen molar-refractivity contribution in [3.63, 3.8) is 0 Å². The van der Waals surface area contributed by atoms with Crippen LogP contribution in [-0.4, -0.2) is 12.6 Å². The minimum Gasteiger partial charge on any atom is -0.338 e. The fourth-order valence-corrected chi connectivity index (χ4v) is 4.69. The fourth-order valence-electron chi connectivity index (χ4n) is 3.39. The number of anilines is 1. The lowest BCUT2D eigenvalue weighted by molar-refractivity contribution is 0.252. The number of carbonyl (C=O) groups is 1. The molecular weight excluding hydrogens is 316 g/mol. The average molecular weight is 343 g/mol. The van der Waals surface area contributed by atoms with E-state index in [2.05, 4.69) is 35.9 Å². The molecule has 4 heteroatoms. The van der Waals surface area contributed by atoms with E-state index in [4.69, 9.17) is 0 Å². The first kappa shape index (κ1) is 17.0. The molecule has 0 spiro atoms. The predicted molar refractivity (Wildman–Crippen MR) is 102 cm³/mol. The normalized spacial score (nSPS) is 16.5. The third-order valence-electron chi connectivity index (χ3n) is 4.80. The summed E-state index contributed by atoms with van der Waals surface area (Å²) in [6, 6.07) is 5.93. The summed E-state index contributed by atoms with van der Waals surface area (Å²) < 4.78 is 0. The van der Waals surface area contributed by atoms with Crippen molar-refractivity contribution in [2.24, 2.45) is 5.92 Å². The van der Waals surface area contributed by atoms with Crippen LogP contribution in [0.15, 0.2) is 23.6 Å². The fraction of sp³-hybridized carbons (Fsp3) is 0.450. The van der Waals surface area contributed by atoms with E-state index in [0.29, 0.717) is 6.54 Å². The molecule has 1 aromatic heterocycles. The van der Waals surface area contributed by atoms with Crippen molar-refractivity contribution in [1.29, 1.82) is 0 Å². The van der Waals surface area contributed by atoms with Crippen molar-refractivity contribution < 1.29 is 4.79 Å². The molecule has 1 atom stereocenters. The molecule has 24 heavy (non-hydrogen) atoms. The van der Waals surface area contributed by atoms with Gasteiger partial charge in [0.25, 0.3) is 0 Å². The Hall–Kier alpha value is -1.81.